The fourth-order valence-electron chi connectivity index (χ4n) is 3.12. The van der Waals surface area contributed by atoms with Gasteiger partial charge in [-0.3, -0.25) is 4.79 Å². The Bertz CT molecular complexity index is 871. The van der Waals surface area contributed by atoms with Gasteiger partial charge in [0.15, 0.2) is 0 Å². The molecule has 1 atom stereocenters. The minimum Gasteiger partial charge on any atom is -0.351 e. The second-order valence-corrected chi connectivity index (χ2v) is 8.14. The van der Waals surface area contributed by atoms with Gasteiger partial charge in [-0.1, -0.05) is 42.8 Å². The first-order chi connectivity index (χ1) is 12.5. The Morgan fingerprint density at radius 3 is 2.50 bits per heavy atom. The van der Waals surface area contributed by atoms with Crippen LogP contribution in [0.5, 0.6) is 0 Å². The van der Waals surface area contributed by atoms with Gasteiger partial charge in [0.25, 0.3) is 0 Å². The molecule has 1 saturated heterocycles. The highest BCUT2D eigenvalue weighted by Crippen LogP contribution is 2.25. The number of piperidine rings is 1. The Morgan fingerprint density at radius 2 is 1.77 bits per heavy atom. The van der Waals surface area contributed by atoms with Gasteiger partial charge in [0.1, 0.15) is 11.9 Å². The molecule has 26 heavy (non-hydrogen) atoms. The highest BCUT2D eigenvalue weighted by Gasteiger charge is 2.37. The predicted molar refractivity (Wildman–Crippen MR) is 96.2 cm³/mol. The first-order valence-corrected chi connectivity index (χ1v) is 10.0. The molecule has 0 spiro atoms. The van der Waals surface area contributed by atoms with E-state index >= 15 is 0 Å². The molecule has 2 aromatic carbocycles. The van der Waals surface area contributed by atoms with Crippen molar-refractivity contribution in [2.75, 3.05) is 6.54 Å². The normalized spacial score (nSPS) is 18.4. The Balaban J connectivity index is 1.76. The largest absolute Gasteiger partial charge is 0.351 e. The van der Waals surface area contributed by atoms with Crippen LogP contribution in [0.1, 0.15) is 24.8 Å². The zero-order valence-electron chi connectivity index (χ0n) is 14.3. The van der Waals surface area contributed by atoms with Gasteiger partial charge in [-0.2, -0.15) is 4.31 Å². The average Bonchev–Trinajstić information content (AvgIpc) is 2.68. The van der Waals surface area contributed by atoms with Crippen LogP contribution >= 0.6 is 0 Å². The van der Waals surface area contributed by atoms with Crippen molar-refractivity contribution >= 4 is 15.9 Å². The SMILES string of the molecule is O=C(NCc1ccccc1F)[C@@H]1CCCCN1S(=O)(=O)c1ccccc1. The summed E-state index contributed by atoms with van der Waals surface area (Å²) in [4.78, 5) is 12.8. The lowest BCUT2D eigenvalue weighted by Gasteiger charge is -2.33. The Morgan fingerprint density at radius 1 is 1.08 bits per heavy atom. The summed E-state index contributed by atoms with van der Waals surface area (Å²) in [6.45, 7) is 0.330. The van der Waals surface area contributed by atoms with E-state index in [1.807, 2.05) is 0 Å². The second-order valence-electron chi connectivity index (χ2n) is 6.25. The molecule has 2 aromatic rings. The van der Waals surface area contributed by atoms with Gasteiger partial charge in [0.2, 0.25) is 15.9 Å². The number of hydrogen-bond acceptors (Lipinski definition) is 3. The fourth-order valence-corrected chi connectivity index (χ4v) is 4.80. The molecule has 1 heterocycles. The molecule has 0 radical (unpaired) electrons. The maximum absolute atomic E-state index is 13.7. The molecule has 7 heteroatoms. The van der Waals surface area contributed by atoms with Gasteiger partial charge in [-0.25, -0.2) is 12.8 Å². The van der Waals surface area contributed by atoms with E-state index in [2.05, 4.69) is 5.32 Å². The number of benzene rings is 2. The van der Waals surface area contributed by atoms with E-state index in [1.54, 1.807) is 36.4 Å². The van der Waals surface area contributed by atoms with E-state index in [1.165, 1.54) is 22.5 Å². The Kier molecular flexibility index (Phi) is 5.68. The number of nitrogens with zero attached hydrogens (tertiary/aromatic N) is 1. The van der Waals surface area contributed by atoms with Gasteiger partial charge in [0, 0.05) is 18.7 Å². The van der Waals surface area contributed by atoms with Crippen molar-refractivity contribution in [2.24, 2.45) is 0 Å². The number of carbonyl (C=O) groups excluding carboxylic acids is 1. The van der Waals surface area contributed by atoms with Crippen molar-refractivity contribution in [1.82, 2.24) is 9.62 Å². The van der Waals surface area contributed by atoms with Crippen molar-refractivity contribution in [3.8, 4) is 0 Å². The third-order valence-corrected chi connectivity index (χ3v) is 6.44. The van der Waals surface area contributed by atoms with E-state index < -0.39 is 27.8 Å². The summed E-state index contributed by atoms with van der Waals surface area (Å²) in [6, 6.07) is 13.5. The molecule has 1 N–H and O–H groups in total. The molecule has 138 valence electrons. The fraction of sp³-hybridized carbons (Fsp3) is 0.316. The lowest BCUT2D eigenvalue weighted by molar-refractivity contribution is -0.125. The van der Waals surface area contributed by atoms with E-state index in [4.69, 9.17) is 0 Å². The highest BCUT2D eigenvalue weighted by atomic mass is 32.2. The van der Waals surface area contributed by atoms with Crippen LogP contribution in [0.4, 0.5) is 4.39 Å². The van der Waals surface area contributed by atoms with Gasteiger partial charge in [-0.05, 0) is 31.0 Å². The highest BCUT2D eigenvalue weighted by molar-refractivity contribution is 7.89. The summed E-state index contributed by atoms with van der Waals surface area (Å²) in [5.74, 6) is -0.794. The lowest BCUT2D eigenvalue weighted by Crippen LogP contribution is -2.51. The number of halogens is 1. The molecule has 1 aliphatic rings. The lowest BCUT2D eigenvalue weighted by atomic mass is 10.0. The van der Waals surface area contributed by atoms with Crippen LogP contribution in [0.2, 0.25) is 0 Å². The minimum atomic E-state index is -3.75. The van der Waals surface area contributed by atoms with Gasteiger partial charge in [-0.15, -0.1) is 0 Å². The van der Waals surface area contributed by atoms with Crippen molar-refractivity contribution in [2.45, 2.75) is 36.7 Å². The standard InChI is InChI=1S/C19H21FN2O3S/c20-17-11-5-4-8-15(17)14-21-19(23)18-12-6-7-13-22(18)26(24,25)16-9-2-1-3-10-16/h1-5,8-11,18H,6-7,12-14H2,(H,21,23)/t18-/m0/s1. The third-order valence-electron chi connectivity index (χ3n) is 4.52. The molecule has 0 saturated carbocycles. The molecule has 5 nitrogen and oxygen atoms in total. The van der Waals surface area contributed by atoms with Gasteiger partial charge < -0.3 is 5.32 Å². The summed E-state index contributed by atoms with van der Waals surface area (Å²) in [7, 11) is -3.75. The second kappa shape index (κ2) is 7.97. The summed E-state index contributed by atoms with van der Waals surface area (Å²) < 4.78 is 40.8. The predicted octanol–water partition coefficient (Wildman–Crippen LogP) is 2.69. The number of hydrogen-bond donors (Lipinski definition) is 1. The number of amides is 1. The molecule has 0 bridgehead atoms. The summed E-state index contributed by atoms with van der Waals surface area (Å²) >= 11 is 0. The Labute approximate surface area is 152 Å². The van der Waals surface area contributed by atoms with Crippen LogP contribution in [0.15, 0.2) is 59.5 Å². The van der Waals surface area contributed by atoms with Crippen LogP contribution < -0.4 is 5.32 Å². The van der Waals surface area contributed by atoms with E-state index in [-0.39, 0.29) is 11.4 Å². The van der Waals surface area contributed by atoms with Crippen LogP contribution in [0.25, 0.3) is 0 Å². The quantitative estimate of drug-likeness (QED) is 0.873. The summed E-state index contributed by atoms with van der Waals surface area (Å²) in [5, 5.41) is 2.68. The molecule has 0 aromatic heterocycles. The number of sulfonamides is 1. The third kappa shape index (κ3) is 3.94. The maximum Gasteiger partial charge on any atom is 0.243 e. The minimum absolute atomic E-state index is 0.0290. The van der Waals surface area contributed by atoms with Crippen molar-refractivity contribution < 1.29 is 17.6 Å². The average molecular weight is 376 g/mol. The van der Waals surface area contributed by atoms with Crippen molar-refractivity contribution in [3.63, 3.8) is 0 Å². The maximum atomic E-state index is 13.7. The van der Waals surface area contributed by atoms with Crippen molar-refractivity contribution in [1.29, 1.82) is 0 Å². The number of rotatable bonds is 5. The first-order valence-electron chi connectivity index (χ1n) is 8.58. The monoisotopic (exact) mass is 376 g/mol. The van der Waals surface area contributed by atoms with E-state index in [0.29, 0.717) is 24.9 Å². The van der Waals surface area contributed by atoms with Crippen LogP contribution in [-0.2, 0) is 21.4 Å². The topological polar surface area (TPSA) is 66.5 Å². The van der Waals surface area contributed by atoms with E-state index in [9.17, 15) is 17.6 Å². The molecule has 1 amide bonds. The molecule has 0 unspecified atom stereocenters. The smallest absolute Gasteiger partial charge is 0.243 e. The number of carbonyl (C=O) groups is 1. The van der Waals surface area contributed by atoms with Crippen molar-refractivity contribution in [3.05, 3.63) is 66.0 Å². The number of nitrogens with one attached hydrogen (secondary N) is 1. The summed E-state index contributed by atoms with van der Waals surface area (Å²) in [5.41, 5.74) is 0.370. The van der Waals surface area contributed by atoms with Gasteiger partial charge in [0.05, 0.1) is 4.90 Å². The van der Waals surface area contributed by atoms with Crippen LogP contribution in [0.3, 0.4) is 0 Å². The zero-order chi connectivity index (χ0) is 18.6. The first kappa shape index (κ1) is 18.5. The van der Waals surface area contributed by atoms with Crippen LogP contribution in [-0.4, -0.2) is 31.2 Å². The molecule has 3 rings (SSSR count). The molecular formula is C19H21FN2O3S. The molecule has 1 fully saturated rings. The molecule has 1 aliphatic heterocycles. The summed E-state index contributed by atoms with van der Waals surface area (Å²) in [6.07, 6.45) is 1.94. The molecule has 0 aliphatic carbocycles. The zero-order valence-corrected chi connectivity index (χ0v) is 15.1. The Hall–Kier alpha value is -2.25. The van der Waals surface area contributed by atoms with E-state index in [0.717, 1.165) is 6.42 Å². The van der Waals surface area contributed by atoms with Crippen LogP contribution in [0, 0.1) is 5.82 Å². The molecular weight excluding hydrogens is 355 g/mol. The van der Waals surface area contributed by atoms with Gasteiger partial charge >= 0.3 is 0 Å².